The highest BCUT2D eigenvalue weighted by molar-refractivity contribution is 7.08. The third-order valence-electron chi connectivity index (χ3n) is 5.46. The molecule has 1 aromatic carbocycles. The molecule has 0 radical (unpaired) electrons. The highest BCUT2D eigenvalue weighted by Crippen LogP contribution is 2.33. The molecule has 30 heavy (non-hydrogen) atoms. The third-order valence-corrected chi connectivity index (χ3v) is 6.16. The zero-order valence-electron chi connectivity index (χ0n) is 17.0. The van der Waals surface area contributed by atoms with Gasteiger partial charge in [-0.25, -0.2) is 14.6 Å². The fourth-order valence-corrected chi connectivity index (χ4v) is 4.68. The largest absolute Gasteiger partial charge is 0.495 e. The molecule has 0 aliphatic carbocycles. The smallest absolute Gasteiger partial charge is 0.174 e. The molecular formula is C23H23N5OS. The molecule has 3 aromatic heterocycles. The Morgan fingerprint density at radius 1 is 1.23 bits per heavy atom. The van der Waals surface area contributed by atoms with Gasteiger partial charge in [0.05, 0.1) is 24.8 Å². The number of rotatable bonds is 5. The number of nitrogens with zero attached hydrogens (tertiary/aromatic N) is 5. The first-order valence-corrected chi connectivity index (χ1v) is 11.0. The number of thiophene rings is 1. The first-order chi connectivity index (χ1) is 14.7. The summed E-state index contributed by atoms with van der Waals surface area (Å²) < 4.78 is 9.64. The van der Waals surface area contributed by atoms with E-state index < -0.39 is 0 Å². The van der Waals surface area contributed by atoms with Gasteiger partial charge in [0.1, 0.15) is 11.6 Å². The van der Waals surface area contributed by atoms with Crippen LogP contribution in [0.2, 0.25) is 0 Å². The van der Waals surface area contributed by atoms with Gasteiger partial charge in [-0.05, 0) is 65.9 Å². The Balaban J connectivity index is 1.41. The number of aryl methyl sites for hydroxylation is 2. The summed E-state index contributed by atoms with van der Waals surface area (Å²) in [5.41, 5.74) is 4.31. The van der Waals surface area contributed by atoms with Gasteiger partial charge >= 0.3 is 0 Å². The van der Waals surface area contributed by atoms with Crippen molar-refractivity contribution in [3.8, 4) is 11.4 Å². The molecule has 0 spiro atoms. The van der Waals surface area contributed by atoms with Crippen LogP contribution in [-0.2, 0) is 6.54 Å². The van der Waals surface area contributed by atoms with Crippen LogP contribution in [0.5, 0.6) is 5.75 Å². The molecule has 5 rings (SSSR count). The molecule has 152 valence electrons. The van der Waals surface area contributed by atoms with Crippen LogP contribution in [0.25, 0.3) is 17.8 Å². The topological polar surface area (TPSA) is 57.8 Å². The summed E-state index contributed by atoms with van der Waals surface area (Å²) in [4.78, 5) is 9.14. The Kier molecular flexibility index (Phi) is 4.96. The van der Waals surface area contributed by atoms with E-state index in [-0.39, 0.29) is 0 Å². The summed E-state index contributed by atoms with van der Waals surface area (Å²) in [6, 6.07) is 8.32. The summed E-state index contributed by atoms with van der Waals surface area (Å²) in [6.45, 7) is 2.91. The molecule has 0 amide bonds. The predicted molar refractivity (Wildman–Crippen MR) is 119 cm³/mol. The van der Waals surface area contributed by atoms with Crippen molar-refractivity contribution in [1.29, 1.82) is 0 Å². The Bertz CT molecular complexity index is 1190. The second-order valence-electron chi connectivity index (χ2n) is 7.49. The molecule has 0 saturated carbocycles. The normalized spacial score (nSPS) is 16.1. The Hall–Kier alpha value is -3.19. The zero-order valence-corrected chi connectivity index (χ0v) is 17.8. The number of fused-ring (bicyclic) bond motifs is 1. The Morgan fingerprint density at radius 3 is 2.93 bits per heavy atom. The summed E-state index contributed by atoms with van der Waals surface area (Å²) in [5.74, 6) is 2.96. The van der Waals surface area contributed by atoms with Gasteiger partial charge in [0.15, 0.2) is 5.82 Å². The van der Waals surface area contributed by atoms with Crippen molar-refractivity contribution < 1.29 is 4.74 Å². The van der Waals surface area contributed by atoms with Crippen LogP contribution in [0.3, 0.4) is 0 Å². The average Bonchev–Trinajstić information content (AvgIpc) is 3.52. The lowest BCUT2D eigenvalue weighted by Gasteiger charge is -2.21. The number of imidazole rings is 1. The molecule has 1 atom stereocenters. The van der Waals surface area contributed by atoms with E-state index in [1.165, 1.54) is 5.56 Å². The van der Waals surface area contributed by atoms with E-state index >= 15 is 0 Å². The molecule has 4 aromatic rings. The molecule has 0 fully saturated rings. The maximum Gasteiger partial charge on any atom is 0.174 e. The molecule has 1 aliphatic heterocycles. The maximum absolute atomic E-state index is 5.61. The van der Waals surface area contributed by atoms with Gasteiger partial charge in [-0.1, -0.05) is 12.1 Å². The fourth-order valence-electron chi connectivity index (χ4n) is 3.96. The lowest BCUT2D eigenvalue weighted by Crippen LogP contribution is -2.17. The lowest BCUT2D eigenvalue weighted by molar-refractivity contribution is 0.413. The van der Waals surface area contributed by atoms with E-state index in [0.717, 1.165) is 53.7 Å². The predicted octanol–water partition coefficient (Wildman–Crippen LogP) is 4.94. The molecule has 0 bridgehead atoms. The number of methoxy groups -OCH3 is 1. The molecule has 0 saturated heterocycles. The minimum Gasteiger partial charge on any atom is -0.495 e. The van der Waals surface area contributed by atoms with Crippen molar-refractivity contribution in [3.05, 3.63) is 76.0 Å². The van der Waals surface area contributed by atoms with Crippen LogP contribution < -0.4 is 4.74 Å². The van der Waals surface area contributed by atoms with Gasteiger partial charge in [0, 0.05) is 18.7 Å². The van der Waals surface area contributed by atoms with Crippen LogP contribution >= 0.6 is 11.3 Å². The van der Waals surface area contributed by atoms with Crippen LogP contribution in [-0.4, -0.2) is 31.4 Å². The van der Waals surface area contributed by atoms with Crippen molar-refractivity contribution in [3.63, 3.8) is 0 Å². The van der Waals surface area contributed by atoms with Gasteiger partial charge in [0.2, 0.25) is 0 Å². The van der Waals surface area contributed by atoms with Gasteiger partial charge < -0.3 is 9.30 Å². The number of benzene rings is 1. The van der Waals surface area contributed by atoms with Crippen molar-refractivity contribution >= 4 is 23.5 Å². The quantitative estimate of drug-likeness (QED) is 0.462. The molecule has 4 heterocycles. The van der Waals surface area contributed by atoms with Crippen LogP contribution in [0.1, 0.15) is 47.2 Å². The summed E-state index contributed by atoms with van der Waals surface area (Å²) >= 11 is 1.74. The molecule has 0 N–H and O–H groups in total. The van der Waals surface area contributed by atoms with E-state index in [4.69, 9.17) is 14.8 Å². The lowest BCUT2D eigenvalue weighted by atomic mass is 9.93. The van der Waals surface area contributed by atoms with E-state index in [2.05, 4.69) is 32.6 Å². The molecule has 1 aliphatic rings. The van der Waals surface area contributed by atoms with Crippen molar-refractivity contribution in [2.45, 2.75) is 32.2 Å². The van der Waals surface area contributed by atoms with Crippen molar-refractivity contribution in [2.75, 3.05) is 7.11 Å². The SMILES string of the molecule is COc1cc(/C=C/c2nc3n(n2)CCC[C@H]3c2ccsc2)ccc1-n1cnc(C)c1. The monoisotopic (exact) mass is 417 g/mol. The summed E-state index contributed by atoms with van der Waals surface area (Å²) in [7, 11) is 1.69. The highest BCUT2D eigenvalue weighted by atomic mass is 32.1. The third kappa shape index (κ3) is 3.57. The Labute approximate surface area is 179 Å². The molecular weight excluding hydrogens is 394 g/mol. The van der Waals surface area contributed by atoms with E-state index in [1.54, 1.807) is 24.8 Å². The highest BCUT2D eigenvalue weighted by Gasteiger charge is 2.25. The molecule has 0 unspecified atom stereocenters. The first-order valence-electron chi connectivity index (χ1n) is 10.0. The summed E-state index contributed by atoms with van der Waals surface area (Å²) in [6.07, 6.45) is 10.1. The molecule has 7 heteroatoms. The minimum absolute atomic E-state index is 0.345. The Morgan fingerprint density at radius 2 is 2.17 bits per heavy atom. The van der Waals surface area contributed by atoms with E-state index in [0.29, 0.717) is 5.92 Å². The van der Waals surface area contributed by atoms with E-state index in [9.17, 15) is 0 Å². The van der Waals surface area contributed by atoms with Gasteiger partial charge in [-0.3, -0.25) is 0 Å². The van der Waals surface area contributed by atoms with Crippen LogP contribution in [0, 0.1) is 6.92 Å². The van der Waals surface area contributed by atoms with Crippen LogP contribution in [0.15, 0.2) is 47.5 Å². The second-order valence-corrected chi connectivity index (χ2v) is 8.27. The number of hydrogen-bond donors (Lipinski definition) is 0. The van der Waals surface area contributed by atoms with Gasteiger partial charge in [-0.2, -0.15) is 16.4 Å². The number of ether oxygens (including phenoxy) is 1. The van der Waals surface area contributed by atoms with Gasteiger partial charge in [-0.15, -0.1) is 0 Å². The first kappa shape index (κ1) is 18.8. The van der Waals surface area contributed by atoms with Crippen molar-refractivity contribution in [1.82, 2.24) is 24.3 Å². The van der Waals surface area contributed by atoms with Gasteiger partial charge in [0.25, 0.3) is 0 Å². The maximum atomic E-state index is 5.61. The fraction of sp³-hybridized carbons (Fsp3) is 0.261. The summed E-state index contributed by atoms with van der Waals surface area (Å²) in [5, 5.41) is 9.07. The van der Waals surface area contributed by atoms with Crippen molar-refractivity contribution in [2.24, 2.45) is 0 Å². The number of aromatic nitrogens is 5. The average molecular weight is 418 g/mol. The minimum atomic E-state index is 0.345. The van der Waals surface area contributed by atoms with E-state index in [1.807, 2.05) is 42.0 Å². The number of hydrogen-bond acceptors (Lipinski definition) is 5. The molecule has 6 nitrogen and oxygen atoms in total. The second kappa shape index (κ2) is 7.91. The standard InChI is InChI=1S/C23H23N5OS/c1-16-13-27(15-24-16)20-7-5-17(12-21(20)29-2)6-8-22-25-23-19(18-9-11-30-14-18)4-3-10-28(23)26-22/h5-9,11-15,19H,3-4,10H2,1-2H3/b8-6+/t19-/m0/s1. The van der Waals surface area contributed by atoms with Crippen LogP contribution in [0.4, 0.5) is 0 Å². The zero-order chi connectivity index (χ0) is 20.5.